The number of para-hydroxylation sites is 2. The van der Waals surface area contributed by atoms with Crippen LogP contribution in [0.2, 0.25) is 0 Å². The molecule has 0 aliphatic rings. The number of nitrogens with zero attached hydrogens (tertiary/aromatic N) is 3. The Hall–Kier alpha value is -2.85. The summed E-state index contributed by atoms with van der Waals surface area (Å²) in [6.45, 7) is 0. The lowest BCUT2D eigenvalue weighted by Crippen LogP contribution is -1.94. The van der Waals surface area contributed by atoms with Crippen molar-refractivity contribution >= 4 is 29.0 Å². The van der Waals surface area contributed by atoms with Crippen molar-refractivity contribution in [1.29, 1.82) is 0 Å². The number of benzene rings is 3. The summed E-state index contributed by atoms with van der Waals surface area (Å²) in [6.07, 6.45) is 1.88. The monoisotopic (exact) mass is 343 g/mol. The van der Waals surface area contributed by atoms with Crippen molar-refractivity contribution in [1.82, 2.24) is 9.66 Å². The van der Waals surface area contributed by atoms with Crippen molar-refractivity contribution in [3.8, 4) is 0 Å². The molecule has 1 aromatic heterocycles. The van der Waals surface area contributed by atoms with Crippen LogP contribution in [0.5, 0.6) is 0 Å². The number of hydrogen-bond acceptors (Lipinski definition) is 3. The molecule has 0 atom stereocenters. The molecule has 4 rings (SSSR count). The Morgan fingerprint density at radius 1 is 0.840 bits per heavy atom. The summed E-state index contributed by atoms with van der Waals surface area (Å²) in [5, 5.41) is 5.59. The zero-order chi connectivity index (χ0) is 16.9. The van der Waals surface area contributed by atoms with Crippen molar-refractivity contribution in [3.63, 3.8) is 0 Å². The van der Waals surface area contributed by atoms with Gasteiger partial charge in [0.05, 0.1) is 17.2 Å². The molecule has 0 N–H and O–H groups in total. The Kier molecular flexibility index (Phi) is 4.61. The van der Waals surface area contributed by atoms with Gasteiger partial charge >= 0.3 is 0 Å². The van der Waals surface area contributed by atoms with Crippen molar-refractivity contribution < 1.29 is 0 Å². The van der Waals surface area contributed by atoms with Crippen LogP contribution in [-0.4, -0.2) is 15.9 Å². The molecule has 0 unspecified atom stereocenters. The Labute approximate surface area is 151 Å². The van der Waals surface area contributed by atoms with Gasteiger partial charge in [0, 0.05) is 5.75 Å². The summed E-state index contributed by atoms with van der Waals surface area (Å²) in [5.74, 6) is 0.866. The number of hydrogen-bond donors (Lipinski definition) is 0. The topological polar surface area (TPSA) is 30.2 Å². The number of rotatable bonds is 5. The van der Waals surface area contributed by atoms with E-state index in [4.69, 9.17) is 4.98 Å². The Morgan fingerprint density at radius 2 is 1.52 bits per heavy atom. The summed E-state index contributed by atoms with van der Waals surface area (Å²) in [7, 11) is 0. The van der Waals surface area contributed by atoms with Crippen molar-refractivity contribution in [2.24, 2.45) is 5.10 Å². The summed E-state index contributed by atoms with van der Waals surface area (Å²) in [6, 6.07) is 28.6. The van der Waals surface area contributed by atoms with Gasteiger partial charge in [-0.1, -0.05) is 84.6 Å². The molecule has 122 valence electrons. The maximum Gasteiger partial charge on any atom is 0.190 e. The lowest BCUT2D eigenvalue weighted by atomic mass is 10.2. The summed E-state index contributed by atoms with van der Waals surface area (Å²) in [5.41, 5.74) is 4.32. The molecule has 4 aromatic rings. The highest BCUT2D eigenvalue weighted by molar-refractivity contribution is 7.98. The van der Waals surface area contributed by atoms with E-state index in [2.05, 4.69) is 35.4 Å². The molecule has 0 aliphatic carbocycles. The van der Waals surface area contributed by atoms with Gasteiger partial charge in [-0.25, -0.2) is 9.66 Å². The van der Waals surface area contributed by atoms with Gasteiger partial charge in [0.25, 0.3) is 0 Å². The average molecular weight is 343 g/mol. The van der Waals surface area contributed by atoms with E-state index in [1.807, 2.05) is 65.5 Å². The fourth-order valence-corrected chi connectivity index (χ4v) is 3.50. The third-order valence-electron chi connectivity index (χ3n) is 3.84. The van der Waals surface area contributed by atoms with Crippen LogP contribution in [0, 0.1) is 0 Å². The third kappa shape index (κ3) is 3.64. The predicted octanol–water partition coefficient (Wildman–Crippen LogP) is 5.21. The zero-order valence-electron chi connectivity index (χ0n) is 13.6. The second kappa shape index (κ2) is 7.36. The number of imidazole rings is 1. The SMILES string of the molecule is C(=N\n1c(SCc2ccccc2)nc2ccccc21)/c1ccccc1. The van der Waals surface area contributed by atoms with Crippen LogP contribution < -0.4 is 0 Å². The molecular weight excluding hydrogens is 326 g/mol. The van der Waals surface area contributed by atoms with Crippen molar-refractivity contribution in [2.75, 3.05) is 0 Å². The van der Waals surface area contributed by atoms with Gasteiger partial charge in [-0.15, -0.1) is 0 Å². The minimum Gasteiger partial charge on any atom is -0.221 e. The van der Waals surface area contributed by atoms with Crippen LogP contribution in [0.3, 0.4) is 0 Å². The minimum absolute atomic E-state index is 0.866. The first-order chi connectivity index (χ1) is 12.4. The molecule has 0 bridgehead atoms. The quantitative estimate of drug-likeness (QED) is 0.368. The first-order valence-corrected chi connectivity index (χ1v) is 9.12. The van der Waals surface area contributed by atoms with Crippen molar-refractivity contribution in [3.05, 3.63) is 96.1 Å². The van der Waals surface area contributed by atoms with Crippen LogP contribution in [0.15, 0.2) is 95.2 Å². The van der Waals surface area contributed by atoms with Crippen molar-refractivity contribution in [2.45, 2.75) is 10.9 Å². The molecule has 0 aliphatic heterocycles. The molecule has 4 heteroatoms. The van der Waals surface area contributed by atoms with E-state index in [-0.39, 0.29) is 0 Å². The van der Waals surface area contributed by atoms with Gasteiger partial charge in [-0.3, -0.25) is 0 Å². The Balaban J connectivity index is 1.67. The lowest BCUT2D eigenvalue weighted by Gasteiger charge is -2.03. The van der Waals surface area contributed by atoms with Gasteiger partial charge in [0.2, 0.25) is 0 Å². The van der Waals surface area contributed by atoms with Crippen LogP contribution in [-0.2, 0) is 5.75 Å². The summed E-state index contributed by atoms with van der Waals surface area (Å²) >= 11 is 1.70. The van der Waals surface area contributed by atoms with E-state index >= 15 is 0 Å². The minimum atomic E-state index is 0.866. The number of thioether (sulfide) groups is 1. The van der Waals surface area contributed by atoms with Gasteiger partial charge in [-0.2, -0.15) is 5.10 Å². The summed E-state index contributed by atoms with van der Waals surface area (Å²) in [4.78, 5) is 4.75. The molecule has 0 fully saturated rings. The third-order valence-corrected chi connectivity index (χ3v) is 4.84. The maximum atomic E-state index is 4.75. The predicted molar refractivity (Wildman–Crippen MR) is 105 cm³/mol. The smallest absolute Gasteiger partial charge is 0.190 e. The first kappa shape index (κ1) is 15.7. The van der Waals surface area contributed by atoms with Gasteiger partial charge in [0.15, 0.2) is 5.16 Å². The fraction of sp³-hybridized carbons (Fsp3) is 0.0476. The van der Waals surface area contributed by atoms with Gasteiger partial charge < -0.3 is 0 Å². The first-order valence-electron chi connectivity index (χ1n) is 8.14. The molecule has 1 heterocycles. The highest BCUT2D eigenvalue weighted by atomic mass is 32.2. The molecule has 0 spiro atoms. The molecule has 0 amide bonds. The van der Waals surface area contributed by atoms with Crippen LogP contribution in [0.25, 0.3) is 11.0 Å². The molecule has 3 aromatic carbocycles. The largest absolute Gasteiger partial charge is 0.221 e. The molecule has 3 nitrogen and oxygen atoms in total. The van der Waals surface area contributed by atoms with Gasteiger partial charge in [0.1, 0.15) is 0 Å². The second-order valence-corrected chi connectivity index (χ2v) is 6.57. The molecule has 0 saturated heterocycles. The number of aromatic nitrogens is 2. The number of fused-ring (bicyclic) bond motifs is 1. The maximum absolute atomic E-state index is 4.75. The molecule has 0 saturated carbocycles. The Bertz CT molecular complexity index is 992. The highest BCUT2D eigenvalue weighted by Gasteiger charge is 2.10. The fourth-order valence-electron chi connectivity index (χ4n) is 2.58. The average Bonchev–Trinajstić information content (AvgIpc) is 3.04. The lowest BCUT2D eigenvalue weighted by molar-refractivity contribution is 0.792. The van der Waals surface area contributed by atoms with Crippen LogP contribution in [0.1, 0.15) is 11.1 Å². The summed E-state index contributed by atoms with van der Waals surface area (Å²) < 4.78 is 1.93. The van der Waals surface area contributed by atoms with E-state index in [0.29, 0.717) is 0 Å². The Morgan fingerprint density at radius 3 is 2.32 bits per heavy atom. The second-order valence-electron chi connectivity index (χ2n) is 5.62. The molecular formula is C21H17N3S. The van der Waals surface area contributed by atoms with E-state index in [1.54, 1.807) is 11.8 Å². The standard InChI is InChI=1S/C21H17N3S/c1-3-9-17(10-4-1)15-22-24-20-14-8-7-13-19(20)23-21(24)25-16-18-11-5-2-6-12-18/h1-15H,16H2/b22-15+. The van der Waals surface area contributed by atoms with E-state index in [9.17, 15) is 0 Å². The normalized spacial score (nSPS) is 11.4. The van der Waals surface area contributed by atoms with Crippen LogP contribution in [0.4, 0.5) is 0 Å². The zero-order valence-corrected chi connectivity index (χ0v) is 14.4. The highest BCUT2D eigenvalue weighted by Crippen LogP contribution is 2.26. The van der Waals surface area contributed by atoms with Crippen LogP contribution >= 0.6 is 11.8 Å². The molecule has 0 radical (unpaired) electrons. The molecule has 25 heavy (non-hydrogen) atoms. The van der Waals surface area contributed by atoms with E-state index in [0.717, 1.165) is 27.5 Å². The van der Waals surface area contributed by atoms with Gasteiger partial charge in [-0.05, 0) is 23.3 Å². The van der Waals surface area contributed by atoms with E-state index in [1.165, 1.54) is 5.56 Å². The van der Waals surface area contributed by atoms with E-state index < -0.39 is 0 Å².